The van der Waals surface area contributed by atoms with Crippen molar-refractivity contribution in [1.29, 1.82) is 0 Å². The molecule has 0 bridgehead atoms. The molecule has 1 aromatic carbocycles. The second-order valence-electron chi connectivity index (χ2n) is 6.96. The van der Waals surface area contributed by atoms with Gasteiger partial charge in [-0.05, 0) is 52.7 Å². The molecule has 7 nitrogen and oxygen atoms in total. The maximum atomic E-state index is 13.4. The lowest BCUT2D eigenvalue weighted by atomic mass is 10.2. The zero-order valence-corrected chi connectivity index (χ0v) is 18.0. The quantitative estimate of drug-likeness (QED) is 0.426. The van der Waals surface area contributed by atoms with Crippen LogP contribution in [-0.2, 0) is 12.7 Å². The van der Waals surface area contributed by atoms with Crippen molar-refractivity contribution < 1.29 is 18.0 Å². The number of rotatable bonds is 4. The number of halogens is 4. The molecule has 0 aliphatic rings. The van der Waals surface area contributed by atoms with Gasteiger partial charge in [0.15, 0.2) is 11.3 Å². The third-order valence-electron chi connectivity index (χ3n) is 4.63. The third kappa shape index (κ3) is 4.05. The van der Waals surface area contributed by atoms with Gasteiger partial charge in [-0.25, -0.2) is 14.2 Å². The largest absolute Gasteiger partial charge is 0.433 e. The number of carbonyl (C=O) groups excluding carboxylic acids is 1. The molecular formula is C20H16BrF3N6O. The molecule has 3 aromatic heterocycles. The number of hydrogen-bond acceptors (Lipinski definition) is 4. The molecule has 0 spiro atoms. The van der Waals surface area contributed by atoms with Crippen molar-refractivity contribution in [2.45, 2.75) is 19.6 Å². The minimum absolute atomic E-state index is 0.0624. The standard InChI is InChI=1S/C20H16BrF3N6O/c1-12-10-15(20(22,23)24)30-18(26-12)16(21)17(27-30)19(31)28(2)11-13-4-6-14(7-5-13)29-9-3-8-25-29/h3-10H,11H2,1-2H3. The number of aromatic nitrogens is 5. The zero-order valence-electron chi connectivity index (χ0n) is 16.4. The molecule has 0 saturated heterocycles. The van der Waals surface area contributed by atoms with Gasteiger partial charge < -0.3 is 4.90 Å². The monoisotopic (exact) mass is 492 g/mol. The first-order chi connectivity index (χ1) is 14.6. The summed E-state index contributed by atoms with van der Waals surface area (Å²) in [7, 11) is 1.56. The highest BCUT2D eigenvalue weighted by Gasteiger charge is 2.36. The maximum absolute atomic E-state index is 13.4. The second kappa shape index (κ2) is 7.80. The number of benzene rings is 1. The van der Waals surface area contributed by atoms with Gasteiger partial charge >= 0.3 is 6.18 Å². The highest BCUT2D eigenvalue weighted by Crippen LogP contribution is 2.32. The summed E-state index contributed by atoms with van der Waals surface area (Å²) in [5.74, 6) is -0.528. The Balaban J connectivity index is 1.61. The fraction of sp³-hybridized carbons (Fsp3) is 0.200. The Morgan fingerprint density at radius 3 is 2.55 bits per heavy atom. The van der Waals surface area contributed by atoms with Crippen molar-refractivity contribution in [3.63, 3.8) is 0 Å². The highest BCUT2D eigenvalue weighted by atomic mass is 79.9. The first kappa shape index (κ1) is 21.0. The van der Waals surface area contributed by atoms with E-state index in [0.29, 0.717) is 4.52 Å². The van der Waals surface area contributed by atoms with Crippen LogP contribution in [-0.4, -0.2) is 42.2 Å². The summed E-state index contributed by atoms with van der Waals surface area (Å²) in [6.07, 6.45) is -1.15. The number of aryl methyl sites for hydroxylation is 1. The molecule has 0 aliphatic carbocycles. The van der Waals surface area contributed by atoms with Crippen LogP contribution in [0.4, 0.5) is 13.2 Å². The van der Waals surface area contributed by atoms with E-state index in [9.17, 15) is 18.0 Å². The zero-order chi connectivity index (χ0) is 22.3. The number of alkyl halides is 3. The predicted molar refractivity (Wildman–Crippen MR) is 110 cm³/mol. The van der Waals surface area contributed by atoms with E-state index in [2.05, 4.69) is 31.1 Å². The first-order valence-electron chi connectivity index (χ1n) is 9.12. The second-order valence-corrected chi connectivity index (χ2v) is 7.75. The molecule has 0 fully saturated rings. The van der Waals surface area contributed by atoms with Crippen molar-refractivity contribution in [2.75, 3.05) is 7.05 Å². The van der Waals surface area contributed by atoms with Crippen LogP contribution in [0.15, 0.2) is 53.3 Å². The van der Waals surface area contributed by atoms with Crippen molar-refractivity contribution in [1.82, 2.24) is 29.3 Å². The summed E-state index contributed by atoms with van der Waals surface area (Å²) in [6.45, 7) is 1.70. The van der Waals surface area contributed by atoms with E-state index in [1.54, 1.807) is 17.9 Å². The lowest BCUT2D eigenvalue weighted by Gasteiger charge is -2.16. The van der Waals surface area contributed by atoms with Crippen LogP contribution in [0.5, 0.6) is 0 Å². The maximum Gasteiger partial charge on any atom is 0.433 e. The Morgan fingerprint density at radius 1 is 1.23 bits per heavy atom. The van der Waals surface area contributed by atoms with E-state index in [-0.39, 0.29) is 28.1 Å². The fourth-order valence-corrected chi connectivity index (χ4v) is 3.66. The molecule has 11 heteroatoms. The van der Waals surface area contributed by atoms with Crippen LogP contribution in [0.25, 0.3) is 11.3 Å². The van der Waals surface area contributed by atoms with E-state index in [1.807, 2.05) is 36.5 Å². The summed E-state index contributed by atoms with van der Waals surface area (Å²) in [4.78, 5) is 18.4. The van der Waals surface area contributed by atoms with Crippen LogP contribution < -0.4 is 0 Å². The van der Waals surface area contributed by atoms with Gasteiger partial charge in [0.25, 0.3) is 5.91 Å². The average Bonchev–Trinajstić information content (AvgIpc) is 3.36. The molecule has 0 radical (unpaired) electrons. The normalized spacial score (nSPS) is 11.8. The van der Waals surface area contributed by atoms with Gasteiger partial charge in [0.05, 0.1) is 10.2 Å². The summed E-state index contributed by atoms with van der Waals surface area (Å²) in [5.41, 5.74) is 0.687. The van der Waals surface area contributed by atoms with E-state index < -0.39 is 17.8 Å². The number of amides is 1. The molecule has 0 atom stereocenters. The summed E-state index contributed by atoms with van der Waals surface area (Å²) >= 11 is 3.20. The topological polar surface area (TPSA) is 68.3 Å². The van der Waals surface area contributed by atoms with Crippen molar-refractivity contribution >= 4 is 27.5 Å². The molecule has 3 heterocycles. The van der Waals surface area contributed by atoms with E-state index >= 15 is 0 Å². The number of carbonyl (C=O) groups is 1. The molecule has 1 amide bonds. The fourth-order valence-electron chi connectivity index (χ4n) is 3.15. The number of fused-ring (bicyclic) bond motifs is 1. The van der Waals surface area contributed by atoms with E-state index in [0.717, 1.165) is 17.3 Å². The number of hydrogen-bond donors (Lipinski definition) is 0. The van der Waals surface area contributed by atoms with Gasteiger partial charge in [0, 0.05) is 31.7 Å². The highest BCUT2D eigenvalue weighted by molar-refractivity contribution is 9.10. The predicted octanol–water partition coefficient (Wildman–Crippen LogP) is 4.28. The summed E-state index contributed by atoms with van der Waals surface area (Å²) in [6, 6.07) is 10.1. The lowest BCUT2D eigenvalue weighted by molar-refractivity contribution is -0.142. The molecule has 4 aromatic rings. The number of nitrogens with zero attached hydrogens (tertiary/aromatic N) is 6. The van der Waals surface area contributed by atoms with Gasteiger partial charge in [0.2, 0.25) is 0 Å². The smallest absolute Gasteiger partial charge is 0.336 e. The first-order valence-corrected chi connectivity index (χ1v) is 9.92. The van der Waals surface area contributed by atoms with Crippen molar-refractivity contribution in [3.8, 4) is 5.69 Å². The Hall–Kier alpha value is -3.21. The molecular weight excluding hydrogens is 477 g/mol. The average molecular weight is 493 g/mol. The molecule has 0 unspecified atom stereocenters. The lowest BCUT2D eigenvalue weighted by Crippen LogP contribution is -2.27. The minimum atomic E-state index is -4.64. The molecule has 0 saturated carbocycles. The molecule has 160 valence electrons. The van der Waals surface area contributed by atoms with Crippen LogP contribution in [0.1, 0.15) is 27.4 Å². The van der Waals surface area contributed by atoms with E-state index in [1.165, 1.54) is 11.8 Å². The Morgan fingerprint density at radius 2 is 1.94 bits per heavy atom. The Labute approximate surface area is 183 Å². The van der Waals surface area contributed by atoms with Gasteiger partial charge in [0.1, 0.15) is 5.69 Å². The Bertz CT molecular complexity index is 1250. The van der Waals surface area contributed by atoms with Crippen LogP contribution >= 0.6 is 15.9 Å². The van der Waals surface area contributed by atoms with Crippen LogP contribution in [0.3, 0.4) is 0 Å². The third-order valence-corrected chi connectivity index (χ3v) is 5.36. The molecule has 31 heavy (non-hydrogen) atoms. The van der Waals surface area contributed by atoms with Gasteiger partial charge in [-0.1, -0.05) is 12.1 Å². The van der Waals surface area contributed by atoms with Gasteiger partial charge in [-0.15, -0.1) is 0 Å². The van der Waals surface area contributed by atoms with E-state index in [4.69, 9.17) is 0 Å². The molecule has 0 N–H and O–H groups in total. The minimum Gasteiger partial charge on any atom is -0.336 e. The summed E-state index contributed by atoms with van der Waals surface area (Å²) in [5, 5.41) is 8.07. The Kier molecular flexibility index (Phi) is 5.29. The molecule has 0 aliphatic heterocycles. The SMILES string of the molecule is Cc1cc(C(F)(F)F)n2nc(C(=O)N(C)Cc3ccc(-n4cccn4)cc3)c(Br)c2n1. The van der Waals surface area contributed by atoms with Crippen molar-refractivity contribution in [3.05, 3.63) is 75.9 Å². The summed E-state index contributed by atoms with van der Waals surface area (Å²) < 4.78 is 42.7. The van der Waals surface area contributed by atoms with Gasteiger partial charge in [-0.3, -0.25) is 4.79 Å². The van der Waals surface area contributed by atoms with Crippen LogP contribution in [0, 0.1) is 6.92 Å². The van der Waals surface area contributed by atoms with Crippen LogP contribution in [0.2, 0.25) is 0 Å². The van der Waals surface area contributed by atoms with Gasteiger partial charge in [-0.2, -0.15) is 23.4 Å². The molecule has 4 rings (SSSR count). The van der Waals surface area contributed by atoms with Crippen molar-refractivity contribution in [2.24, 2.45) is 0 Å².